The number of hydrogen-bond acceptors (Lipinski definition) is 3. The van der Waals surface area contributed by atoms with E-state index in [9.17, 15) is 0 Å². The number of nitrogens with one attached hydrogen (secondary N) is 1. The summed E-state index contributed by atoms with van der Waals surface area (Å²) in [6.45, 7) is 3.36. The van der Waals surface area contributed by atoms with Crippen LogP contribution in [0.3, 0.4) is 0 Å². The van der Waals surface area contributed by atoms with Crippen LogP contribution in [0.2, 0.25) is 5.02 Å². The van der Waals surface area contributed by atoms with Crippen LogP contribution in [0.4, 0.5) is 0 Å². The lowest BCUT2D eigenvalue weighted by atomic mass is 10.1. The van der Waals surface area contributed by atoms with E-state index in [4.69, 9.17) is 11.6 Å². The van der Waals surface area contributed by atoms with Crippen molar-refractivity contribution in [2.45, 2.75) is 25.4 Å². The minimum absolute atomic E-state index is 0.643. The molecule has 1 aliphatic rings. The Morgan fingerprint density at radius 1 is 1.67 bits per heavy atom. The van der Waals surface area contributed by atoms with Gasteiger partial charge < -0.3 is 10.2 Å². The Balaban J connectivity index is 1.77. The Morgan fingerprint density at radius 3 is 3.20 bits per heavy atom. The molecule has 0 aliphatic carbocycles. The Hall–Kier alpha value is -0.0900. The van der Waals surface area contributed by atoms with Gasteiger partial charge in [0.1, 0.15) is 0 Å². The van der Waals surface area contributed by atoms with Crippen molar-refractivity contribution in [2.24, 2.45) is 0 Å². The van der Waals surface area contributed by atoms with Gasteiger partial charge in [0.25, 0.3) is 0 Å². The van der Waals surface area contributed by atoms with E-state index in [0.717, 1.165) is 11.6 Å². The van der Waals surface area contributed by atoms with Crippen LogP contribution in [-0.2, 0) is 6.54 Å². The molecule has 0 aromatic carbocycles. The van der Waals surface area contributed by atoms with Gasteiger partial charge in [-0.1, -0.05) is 11.6 Å². The smallest absolute Gasteiger partial charge is 0.0516 e. The van der Waals surface area contributed by atoms with Gasteiger partial charge in [-0.15, -0.1) is 11.3 Å². The zero-order valence-electron chi connectivity index (χ0n) is 9.00. The molecule has 1 fully saturated rings. The first-order chi connectivity index (χ1) is 7.24. The van der Waals surface area contributed by atoms with Crippen LogP contribution >= 0.6 is 22.9 Å². The third-order valence-electron chi connectivity index (χ3n) is 2.81. The molecule has 1 N–H and O–H groups in total. The van der Waals surface area contributed by atoms with Crippen LogP contribution in [0, 0.1) is 0 Å². The lowest BCUT2D eigenvalue weighted by molar-refractivity contribution is 0.227. The number of piperidine rings is 1. The fourth-order valence-electron chi connectivity index (χ4n) is 2.02. The number of likely N-dealkylation sites (N-methyl/N-ethyl adjacent to an activating group) is 1. The highest BCUT2D eigenvalue weighted by Gasteiger charge is 2.16. The van der Waals surface area contributed by atoms with Gasteiger partial charge in [0.15, 0.2) is 0 Å². The average Bonchev–Trinajstić information content (AvgIpc) is 2.62. The molecule has 0 saturated carbocycles. The Bertz CT molecular complexity index is 313. The Kier molecular flexibility index (Phi) is 4.03. The van der Waals surface area contributed by atoms with E-state index in [0.29, 0.717) is 6.04 Å². The predicted molar refractivity (Wildman–Crippen MR) is 66.7 cm³/mol. The fourth-order valence-corrected chi connectivity index (χ4v) is 3.05. The predicted octanol–water partition coefficient (Wildman–Crippen LogP) is 2.59. The molecule has 1 aromatic rings. The van der Waals surface area contributed by atoms with Gasteiger partial charge in [-0.3, -0.25) is 0 Å². The summed E-state index contributed by atoms with van der Waals surface area (Å²) in [4.78, 5) is 3.72. The highest BCUT2D eigenvalue weighted by atomic mass is 35.5. The SMILES string of the molecule is CN1CCCC(NCc2cc(Cl)cs2)C1. The van der Waals surface area contributed by atoms with Crippen LogP contribution in [0.15, 0.2) is 11.4 Å². The quantitative estimate of drug-likeness (QED) is 0.879. The van der Waals surface area contributed by atoms with Gasteiger partial charge in [-0.2, -0.15) is 0 Å². The third kappa shape index (κ3) is 3.45. The van der Waals surface area contributed by atoms with Gasteiger partial charge >= 0.3 is 0 Å². The van der Waals surface area contributed by atoms with Crippen molar-refractivity contribution in [3.8, 4) is 0 Å². The van der Waals surface area contributed by atoms with Crippen LogP contribution in [0.1, 0.15) is 17.7 Å². The van der Waals surface area contributed by atoms with E-state index in [-0.39, 0.29) is 0 Å². The first kappa shape index (κ1) is 11.4. The van der Waals surface area contributed by atoms with Gasteiger partial charge in [-0.05, 0) is 32.5 Å². The summed E-state index contributed by atoms with van der Waals surface area (Å²) in [5.74, 6) is 0. The second-order valence-electron chi connectivity index (χ2n) is 4.21. The molecule has 1 saturated heterocycles. The van der Waals surface area contributed by atoms with E-state index in [2.05, 4.69) is 17.3 Å². The summed E-state index contributed by atoms with van der Waals surface area (Å²) < 4.78 is 0. The van der Waals surface area contributed by atoms with Crippen molar-refractivity contribution in [1.29, 1.82) is 0 Å². The van der Waals surface area contributed by atoms with Crippen LogP contribution in [0.25, 0.3) is 0 Å². The first-order valence-corrected chi connectivity index (χ1v) is 6.64. The molecular formula is C11H17ClN2S. The molecule has 2 nitrogen and oxygen atoms in total. The highest BCUT2D eigenvalue weighted by molar-refractivity contribution is 7.10. The summed E-state index contributed by atoms with van der Waals surface area (Å²) >= 11 is 7.61. The molecule has 1 aromatic heterocycles. The van der Waals surface area contributed by atoms with Crippen molar-refractivity contribution < 1.29 is 0 Å². The molecule has 1 aliphatic heterocycles. The number of thiophene rings is 1. The highest BCUT2D eigenvalue weighted by Crippen LogP contribution is 2.19. The van der Waals surface area contributed by atoms with Crippen molar-refractivity contribution in [2.75, 3.05) is 20.1 Å². The maximum absolute atomic E-state index is 5.88. The summed E-state index contributed by atoms with van der Waals surface area (Å²) in [7, 11) is 2.19. The first-order valence-electron chi connectivity index (χ1n) is 5.39. The van der Waals surface area contributed by atoms with E-state index in [1.54, 1.807) is 11.3 Å². The van der Waals surface area contributed by atoms with Crippen molar-refractivity contribution in [3.05, 3.63) is 21.3 Å². The number of halogens is 1. The monoisotopic (exact) mass is 244 g/mol. The van der Waals surface area contributed by atoms with E-state index in [1.807, 2.05) is 11.4 Å². The molecule has 2 heterocycles. The number of likely N-dealkylation sites (tertiary alicyclic amines) is 1. The maximum Gasteiger partial charge on any atom is 0.0516 e. The number of nitrogens with zero attached hydrogens (tertiary/aromatic N) is 1. The van der Waals surface area contributed by atoms with Gasteiger partial charge in [0.2, 0.25) is 0 Å². The molecule has 1 atom stereocenters. The minimum Gasteiger partial charge on any atom is -0.308 e. The molecule has 0 spiro atoms. The number of hydrogen-bond donors (Lipinski definition) is 1. The average molecular weight is 245 g/mol. The molecule has 1 unspecified atom stereocenters. The van der Waals surface area contributed by atoms with Crippen LogP contribution in [0.5, 0.6) is 0 Å². The topological polar surface area (TPSA) is 15.3 Å². The van der Waals surface area contributed by atoms with Crippen molar-refractivity contribution in [1.82, 2.24) is 10.2 Å². The van der Waals surface area contributed by atoms with E-state index >= 15 is 0 Å². The minimum atomic E-state index is 0.643. The second kappa shape index (κ2) is 5.30. The fraction of sp³-hybridized carbons (Fsp3) is 0.636. The summed E-state index contributed by atoms with van der Waals surface area (Å²) in [5.41, 5.74) is 0. The summed E-state index contributed by atoms with van der Waals surface area (Å²) in [6.07, 6.45) is 2.60. The van der Waals surface area contributed by atoms with E-state index in [1.165, 1.54) is 30.8 Å². The second-order valence-corrected chi connectivity index (χ2v) is 5.65. The normalized spacial score (nSPS) is 23.2. The third-order valence-corrected chi connectivity index (χ3v) is 4.10. The molecular weight excluding hydrogens is 228 g/mol. The zero-order chi connectivity index (χ0) is 10.7. The molecule has 84 valence electrons. The van der Waals surface area contributed by atoms with Crippen molar-refractivity contribution >= 4 is 22.9 Å². The van der Waals surface area contributed by atoms with Gasteiger partial charge in [0.05, 0.1) is 5.02 Å². The lowest BCUT2D eigenvalue weighted by Crippen LogP contribution is -2.43. The largest absolute Gasteiger partial charge is 0.308 e. The number of rotatable bonds is 3. The van der Waals surface area contributed by atoms with Crippen LogP contribution in [-0.4, -0.2) is 31.1 Å². The van der Waals surface area contributed by atoms with Gasteiger partial charge in [0, 0.05) is 29.4 Å². The van der Waals surface area contributed by atoms with Crippen LogP contribution < -0.4 is 5.32 Å². The maximum atomic E-state index is 5.88. The molecule has 2 rings (SSSR count). The lowest BCUT2D eigenvalue weighted by Gasteiger charge is -2.30. The molecule has 0 radical (unpaired) electrons. The molecule has 15 heavy (non-hydrogen) atoms. The van der Waals surface area contributed by atoms with Gasteiger partial charge in [-0.25, -0.2) is 0 Å². The standard InChI is InChI=1S/C11H17ClN2S/c1-14-4-2-3-10(7-14)13-6-11-5-9(12)8-15-11/h5,8,10,13H,2-4,6-7H2,1H3. The Morgan fingerprint density at radius 2 is 2.53 bits per heavy atom. The summed E-state index contributed by atoms with van der Waals surface area (Å²) in [5, 5.41) is 6.44. The zero-order valence-corrected chi connectivity index (χ0v) is 10.6. The summed E-state index contributed by atoms with van der Waals surface area (Å²) in [6, 6.07) is 2.69. The Labute approximate surface area is 100 Å². The van der Waals surface area contributed by atoms with E-state index < -0.39 is 0 Å². The molecule has 0 amide bonds. The molecule has 4 heteroatoms. The van der Waals surface area contributed by atoms with Crippen molar-refractivity contribution in [3.63, 3.8) is 0 Å². The molecule has 0 bridgehead atoms.